The van der Waals surface area contributed by atoms with Crippen LogP contribution in [0.2, 0.25) is 0 Å². The van der Waals surface area contributed by atoms with Crippen LogP contribution in [0.3, 0.4) is 0 Å². The fraction of sp³-hybridized carbons (Fsp3) is 0.600. The van der Waals surface area contributed by atoms with Gasteiger partial charge in [0.15, 0.2) is 0 Å². The van der Waals surface area contributed by atoms with E-state index in [-0.39, 0.29) is 288 Å². The molecule has 0 fully saturated rings. The van der Waals surface area contributed by atoms with Crippen LogP contribution in [0, 0.1) is 44.6 Å². The predicted octanol–water partition coefficient (Wildman–Crippen LogP) is 28.6. The van der Waals surface area contributed by atoms with Gasteiger partial charge < -0.3 is 44.6 Å². The number of pyridine rings is 6. The molecule has 0 saturated carbocycles. The fourth-order valence-electron chi connectivity index (χ4n) is 8.88. The summed E-state index contributed by atoms with van der Waals surface area (Å²) < 4.78 is 0. The zero-order chi connectivity index (χ0) is 65.9. The van der Waals surface area contributed by atoms with Crippen LogP contribution in [0.25, 0.3) is 0 Å². The second-order valence-corrected chi connectivity index (χ2v) is 35.5. The van der Waals surface area contributed by atoms with Gasteiger partial charge >= 0.3 is 0 Å². The zero-order valence-corrected chi connectivity index (χ0v) is 89.0. The van der Waals surface area contributed by atoms with Gasteiger partial charge in [-0.05, 0) is 119 Å². The molecule has 12 heteroatoms. The average molecular weight is 2420 g/mol. The van der Waals surface area contributed by atoms with Crippen molar-refractivity contribution in [2.75, 3.05) is 0 Å². The maximum atomic E-state index is 5.42. The first-order valence-corrected chi connectivity index (χ1v) is 31.1. The standard InChI is InChI=1S/C25H45N.2C13H21N.3C9H13N.6CH4.6CH3.6Ta/c1-21(2,3)16-17(22(4,5)6)19(24(10,11)12)26-20(25(13,14)15)18(16)23(7,8)9;1-12(2,3)10-7-11(9-14-8-10)13(4,5)6;1-12(2,3)10-8-7-9-11(14-10)13(4,5)6;1-9(2,3)8-4-6-10-7-5-8;1-9(2,3)8-5-4-6-10-7-8;1-9(2,3)8-6-4-5-7-10-8;;;;;;;;;;;;;;;;;;/h1-15H3;2*7-9H,1-6H3;3*4-7H,1-3H3;6*1H4;6*1H3;;;;;;/q;;;;;;;;;;;;6*-1;;;;;;. The Hall–Kier alpha value is -0.658. The Bertz CT molecular complexity index is 2620. The van der Waals surface area contributed by atoms with Crippen molar-refractivity contribution in [3.8, 4) is 0 Å². The summed E-state index contributed by atoms with van der Waals surface area (Å²) in [6.45, 7) is 81.1. The van der Waals surface area contributed by atoms with E-state index in [1.165, 1.54) is 61.7 Å². The van der Waals surface area contributed by atoms with Gasteiger partial charge in [0.2, 0.25) is 0 Å². The maximum absolute atomic E-state index is 5.42. The molecule has 6 heterocycles. The zero-order valence-electron chi connectivity index (χ0n) is 69.8. The summed E-state index contributed by atoms with van der Waals surface area (Å²) in [6.07, 6.45) is 13.2. The van der Waals surface area contributed by atoms with Gasteiger partial charge in [-0.3, -0.25) is 29.9 Å². The molecule has 0 aliphatic carbocycles. The Labute approximate surface area is 737 Å². The summed E-state index contributed by atoms with van der Waals surface area (Å²) in [7, 11) is 0. The van der Waals surface area contributed by atoms with Crippen molar-refractivity contribution in [1.82, 2.24) is 29.9 Å². The second-order valence-electron chi connectivity index (χ2n) is 35.5. The van der Waals surface area contributed by atoms with Gasteiger partial charge in [0.1, 0.15) is 0 Å². The molecule has 594 valence electrons. The first-order valence-electron chi connectivity index (χ1n) is 31.1. The molecular formula is C90H168N6Ta6-6. The molecule has 6 nitrogen and oxygen atoms in total. The van der Waals surface area contributed by atoms with E-state index in [2.05, 4.69) is 318 Å². The molecule has 0 unspecified atom stereocenters. The van der Waals surface area contributed by atoms with E-state index in [9.17, 15) is 0 Å². The number of nitrogens with zero attached hydrogens (tertiary/aromatic N) is 6. The first kappa shape index (κ1) is 147. The van der Waals surface area contributed by atoms with Crippen molar-refractivity contribution >= 4 is 0 Å². The van der Waals surface area contributed by atoms with Crippen molar-refractivity contribution in [2.45, 2.75) is 359 Å². The molecule has 0 spiro atoms. The topological polar surface area (TPSA) is 77.3 Å². The second kappa shape index (κ2) is 57.4. The molecule has 0 N–H and O–H groups in total. The fourth-order valence-corrected chi connectivity index (χ4v) is 8.88. The van der Waals surface area contributed by atoms with Crippen LogP contribution in [-0.2, 0) is 199 Å². The van der Waals surface area contributed by atoms with E-state index in [1.54, 1.807) is 6.20 Å². The Balaban J connectivity index is -0.0000000518. The summed E-state index contributed by atoms with van der Waals surface area (Å²) in [5.74, 6) is 0. The van der Waals surface area contributed by atoms with Crippen LogP contribution in [0.4, 0.5) is 0 Å². The van der Waals surface area contributed by atoms with Crippen LogP contribution in [0.1, 0.15) is 361 Å². The number of rotatable bonds is 0. The van der Waals surface area contributed by atoms with Gasteiger partial charge in [-0.25, -0.2) is 0 Å². The monoisotopic (exact) mass is 2420 g/mol. The third-order valence-corrected chi connectivity index (χ3v) is 14.1. The van der Waals surface area contributed by atoms with Crippen molar-refractivity contribution < 1.29 is 134 Å². The molecule has 0 aromatic carbocycles. The molecule has 102 heavy (non-hydrogen) atoms. The minimum absolute atomic E-state index is 0. The van der Waals surface area contributed by atoms with E-state index in [4.69, 9.17) is 9.97 Å². The molecule has 0 bridgehead atoms. The smallest absolute Gasteiger partial charge is 0.0501 e. The Morgan fingerprint density at radius 3 is 0.716 bits per heavy atom. The van der Waals surface area contributed by atoms with Gasteiger partial charge in [-0.2, -0.15) is 0 Å². The largest absolute Gasteiger partial charge is 0.358 e. The van der Waals surface area contributed by atoms with Crippen LogP contribution in [0.5, 0.6) is 0 Å². The van der Waals surface area contributed by atoms with Crippen LogP contribution in [-0.4, -0.2) is 29.9 Å². The molecule has 6 aromatic rings. The number of aromatic nitrogens is 6. The summed E-state index contributed by atoms with van der Waals surface area (Å²) in [5, 5.41) is 0. The minimum atomic E-state index is 0. The van der Waals surface area contributed by atoms with Crippen molar-refractivity contribution in [3.05, 3.63) is 222 Å². The van der Waals surface area contributed by atoms with Gasteiger partial charge in [0.05, 0.1) is 11.4 Å². The summed E-state index contributed by atoms with van der Waals surface area (Å²) >= 11 is 0. The first-order chi connectivity index (χ1) is 37.3. The summed E-state index contributed by atoms with van der Waals surface area (Å²) in [6, 6.07) is 22.8. The van der Waals surface area contributed by atoms with Gasteiger partial charge in [0, 0.05) is 222 Å². The summed E-state index contributed by atoms with van der Waals surface area (Å²) in [5.41, 5.74) is 17.2. The third kappa shape index (κ3) is 52.4. The minimum Gasteiger partial charge on any atom is -0.358 e. The van der Waals surface area contributed by atoms with Crippen molar-refractivity contribution in [3.63, 3.8) is 0 Å². The molecule has 6 aromatic heterocycles. The molecule has 6 rings (SSSR count). The van der Waals surface area contributed by atoms with E-state index in [0.717, 1.165) is 5.69 Å². The van der Waals surface area contributed by atoms with Crippen molar-refractivity contribution in [1.29, 1.82) is 0 Å². The average Bonchev–Trinajstić information content (AvgIpc) is 3.32. The SMILES string of the molecule is C.C.C.C.C.C.CC(C)(C)c1cccc(C(C)(C)C)n1.CC(C)(C)c1ccccn1.CC(C)(C)c1cccnc1.CC(C)(C)c1ccncc1.CC(C)(C)c1cncc(C(C)(C)C)c1.CC(C)(C)c1nc(C(C)(C)C)c(C(C)(C)C)c(C(C)(C)C)c1C(C)(C)C.[CH3-].[CH3-].[CH3-].[CH3-].[CH3-].[CH3-].[Ta].[Ta].[Ta].[Ta].[Ta].[Ta]. The van der Waals surface area contributed by atoms with Crippen molar-refractivity contribution in [2.24, 2.45) is 0 Å². The van der Waals surface area contributed by atoms with Crippen LogP contribution >= 0.6 is 0 Å². The Morgan fingerprint density at radius 1 is 0.216 bits per heavy atom. The quantitative estimate of drug-likeness (QED) is 0.141. The molecule has 0 aliphatic heterocycles. The van der Waals surface area contributed by atoms with Gasteiger partial charge in [-0.1, -0.05) is 318 Å². The third-order valence-electron chi connectivity index (χ3n) is 14.1. The Morgan fingerprint density at radius 2 is 0.510 bits per heavy atom. The van der Waals surface area contributed by atoms with E-state index in [0.29, 0.717) is 0 Å². The molecule has 0 saturated heterocycles. The predicted molar refractivity (Wildman–Crippen MR) is 449 cm³/mol. The normalized spacial score (nSPS) is 10.7. The molecule has 0 aliphatic rings. The van der Waals surface area contributed by atoms with E-state index in [1.807, 2.05) is 55.4 Å². The van der Waals surface area contributed by atoms with Crippen LogP contribution < -0.4 is 0 Å². The van der Waals surface area contributed by atoms with E-state index >= 15 is 0 Å². The number of hydrogen-bond donors (Lipinski definition) is 0. The van der Waals surface area contributed by atoms with Gasteiger partial charge in [-0.15, -0.1) is 0 Å². The van der Waals surface area contributed by atoms with Gasteiger partial charge in [0.25, 0.3) is 0 Å². The molecule has 0 atom stereocenters. The number of hydrogen-bond acceptors (Lipinski definition) is 6. The molecule has 0 amide bonds. The van der Waals surface area contributed by atoms with Crippen LogP contribution in [0.15, 0.2) is 110 Å². The summed E-state index contributed by atoms with van der Waals surface area (Å²) in [4.78, 5) is 26.7. The Kier molecular flexibility index (Phi) is 82.7. The molecule has 6 radical (unpaired) electrons. The molecular weight excluding hydrogens is 2250 g/mol. The van der Waals surface area contributed by atoms with E-state index < -0.39 is 0 Å². The maximum Gasteiger partial charge on any atom is 0.0501 e.